The van der Waals surface area contributed by atoms with Crippen molar-refractivity contribution in [3.05, 3.63) is 99.9 Å². The zero-order valence-corrected chi connectivity index (χ0v) is 20.1. The van der Waals surface area contributed by atoms with Crippen LogP contribution in [-0.2, 0) is 6.54 Å². The smallest absolute Gasteiger partial charge is 0.269 e. The highest BCUT2D eigenvalue weighted by atomic mass is 32.1. The summed E-state index contributed by atoms with van der Waals surface area (Å²) in [6, 6.07) is 18.4. The third-order valence-electron chi connectivity index (χ3n) is 5.61. The molecule has 0 bridgehead atoms. The maximum Gasteiger partial charge on any atom is 0.269 e. The monoisotopic (exact) mass is 492 g/mol. The number of hydrogen-bond donors (Lipinski definition) is 2. The predicted octanol–water partition coefficient (Wildman–Crippen LogP) is 5.84. The van der Waals surface area contributed by atoms with Gasteiger partial charge in [0.15, 0.2) is 5.11 Å². The third kappa shape index (κ3) is 6.13. The number of nitro benzene ring substituents is 1. The van der Waals surface area contributed by atoms with Crippen molar-refractivity contribution >= 4 is 40.5 Å². The van der Waals surface area contributed by atoms with Gasteiger partial charge in [0, 0.05) is 42.7 Å². The fraction of sp³-hybridized carbons (Fsp3) is 0.192. The summed E-state index contributed by atoms with van der Waals surface area (Å²) in [6.45, 7) is 3.07. The summed E-state index contributed by atoms with van der Waals surface area (Å²) in [6.07, 6.45) is 4.03. The van der Waals surface area contributed by atoms with E-state index < -0.39 is 10.5 Å². The van der Waals surface area contributed by atoms with Crippen LogP contribution in [0.1, 0.15) is 18.1 Å². The molecule has 0 aromatic heterocycles. The first kappa shape index (κ1) is 24.2. The lowest BCUT2D eigenvalue weighted by atomic mass is 9.99. The van der Waals surface area contributed by atoms with Crippen LogP contribution < -0.4 is 15.4 Å². The summed E-state index contributed by atoms with van der Waals surface area (Å²) in [7, 11) is 1.86. The van der Waals surface area contributed by atoms with Crippen molar-refractivity contribution in [1.29, 1.82) is 0 Å². The minimum atomic E-state index is -0.605. The summed E-state index contributed by atoms with van der Waals surface area (Å²) in [5, 5.41) is 17.7. The molecule has 0 fully saturated rings. The number of nitrogens with zero attached hydrogens (tertiary/aromatic N) is 2. The van der Waals surface area contributed by atoms with Gasteiger partial charge in [0.25, 0.3) is 5.69 Å². The number of rotatable bonds is 7. The Kier molecular flexibility index (Phi) is 6.97. The highest BCUT2D eigenvalue weighted by Gasteiger charge is 2.30. The standard InChI is InChI=1S/C26H25FN4O3S/c1-26(17-30(2)25(35)29-21-7-10-23(11-8-21)31(32)33)14-13-19-15-22(9-12-24(19)34-26)28-16-18-3-5-20(27)6-4-18/h3-15,28H,16-17H2,1-2H3,(H,29,35). The molecule has 3 aromatic rings. The average Bonchev–Trinajstić information content (AvgIpc) is 2.83. The molecule has 3 aromatic carbocycles. The fourth-order valence-electron chi connectivity index (χ4n) is 3.75. The number of likely N-dealkylation sites (N-methyl/N-ethyl adjacent to an activating group) is 1. The molecule has 0 radical (unpaired) electrons. The van der Waals surface area contributed by atoms with Crippen molar-refractivity contribution in [2.75, 3.05) is 24.2 Å². The van der Waals surface area contributed by atoms with Crippen LogP contribution in [-0.4, -0.2) is 34.1 Å². The highest BCUT2D eigenvalue weighted by Crippen LogP contribution is 2.33. The number of halogens is 1. The zero-order chi connectivity index (χ0) is 25.0. The number of anilines is 2. The Labute approximate surface area is 208 Å². The van der Waals surface area contributed by atoms with Crippen molar-refractivity contribution in [2.45, 2.75) is 19.1 Å². The molecule has 2 N–H and O–H groups in total. The van der Waals surface area contributed by atoms with Crippen molar-refractivity contribution in [3.63, 3.8) is 0 Å². The highest BCUT2D eigenvalue weighted by molar-refractivity contribution is 7.80. The molecular weight excluding hydrogens is 467 g/mol. The fourth-order valence-corrected chi connectivity index (χ4v) is 3.93. The summed E-state index contributed by atoms with van der Waals surface area (Å²) in [5.41, 5.74) is 2.98. The number of ether oxygens (including phenoxy) is 1. The molecule has 1 heterocycles. The molecule has 1 unspecified atom stereocenters. The van der Waals surface area contributed by atoms with Crippen LogP contribution in [0.5, 0.6) is 5.75 Å². The van der Waals surface area contributed by atoms with Gasteiger partial charge in [0.1, 0.15) is 17.2 Å². The van der Waals surface area contributed by atoms with Crippen LogP contribution >= 0.6 is 12.2 Å². The van der Waals surface area contributed by atoms with Crippen molar-refractivity contribution in [1.82, 2.24) is 4.90 Å². The molecule has 0 aliphatic carbocycles. The molecule has 0 saturated heterocycles. The Morgan fingerprint density at radius 3 is 2.49 bits per heavy atom. The van der Waals surface area contributed by atoms with Gasteiger partial charge < -0.3 is 20.3 Å². The second kappa shape index (κ2) is 10.1. The lowest BCUT2D eigenvalue weighted by Crippen LogP contribution is -2.46. The molecule has 1 aliphatic rings. The third-order valence-corrected chi connectivity index (χ3v) is 6.02. The van der Waals surface area contributed by atoms with Crippen molar-refractivity contribution in [2.24, 2.45) is 0 Å². The van der Waals surface area contributed by atoms with E-state index in [-0.39, 0.29) is 11.5 Å². The van der Waals surface area contributed by atoms with Gasteiger partial charge in [0.05, 0.1) is 11.5 Å². The SMILES string of the molecule is CN(CC1(C)C=Cc2cc(NCc3ccc(F)cc3)ccc2O1)C(=S)Nc1ccc([N+](=O)[O-])cc1. The van der Waals surface area contributed by atoms with E-state index >= 15 is 0 Å². The van der Waals surface area contributed by atoms with E-state index in [1.807, 2.05) is 49.2 Å². The van der Waals surface area contributed by atoms with E-state index in [2.05, 4.69) is 10.6 Å². The molecule has 1 aliphatic heterocycles. The molecule has 35 heavy (non-hydrogen) atoms. The first-order chi connectivity index (χ1) is 16.7. The van der Waals surface area contributed by atoms with Crippen LogP contribution in [0, 0.1) is 15.9 Å². The van der Waals surface area contributed by atoms with E-state index in [0.29, 0.717) is 23.9 Å². The Bertz CT molecular complexity index is 1260. The summed E-state index contributed by atoms with van der Waals surface area (Å²) < 4.78 is 19.4. The van der Waals surface area contributed by atoms with Crippen LogP contribution in [0.4, 0.5) is 21.5 Å². The number of nitro groups is 1. The molecular formula is C26H25FN4O3S. The van der Waals surface area contributed by atoms with Gasteiger partial charge in [-0.25, -0.2) is 4.39 Å². The average molecular weight is 493 g/mol. The lowest BCUT2D eigenvalue weighted by Gasteiger charge is -2.36. The largest absolute Gasteiger partial charge is 0.481 e. The number of hydrogen-bond acceptors (Lipinski definition) is 5. The van der Waals surface area contributed by atoms with Crippen molar-refractivity contribution in [3.8, 4) is 5.75 Å². The number of thiocarbonyl (C=S) groups is 1. The van der Waals surface area contributed by atoms with Gasteiger partial charge in [-0.2, -0.15) is 0 Å². The van der Waals surface area contributed by atoms with E-state index in [4.69, 9.17) is 17.0 Å². The van der Waals surface area contributed by atoms with E-state index in [1.165, 1.54) is 24.3 Å². The number of nitrogens with one attached hydrogen (secondary N) is 2. The minimum Gasteiger partial charge on any atom is -0.481 e. The summed E-state index contributed by atoms with van der Waals surface area (Å²) >= 11 is 5.50. The molecule has 0 saturated carbocycles. The van der Waals surface area contributed by atoms with Gasteiger partial charge in [-0.1, -0.05) is 18.2 Å². The van der Waals surface area contributed by atoms with E-state index in [9.17, 15) is 14.5 Å². The quantitative estimate of drug-likeness (QED) is 0.244. The summed E-state index contributed by atoms with van der Waals surface area (Å²) in [4.78, 5) is 12.2. The minimum absolute atomic E-state index is 0.0237. The van der Waals surface area contributed by atoms with Crippen LogP contribution in [0.3, 0.4) is 0 Å². The Balaban J connectivity index is 1.35. The molecule has 9 heteroatoms. The zero-order valence-electron chi connectivity index (χ0n) is 19.3. The maximum atomic E-state index is 13.1. The van der Waals surface area contributed by atoms with Crippen LogP contribution in [0.2, 0.25) is 0 Å². The first-order valence-corrected chi connectivity index (χ1v) is 11.4. The van der Waals surface area contributed by atoms with Gasteiger partial charge in [-0.05, 0) is 73.2 Å². The van der Waals surface area contributed by atoms with Gasteiger partial charge in [0.2, 0.25) is 0 Å². The van der Waals surface area contributed by atoms with Gasteiger partial charge in [-0.15, -0.1) is 0 Å². The van der Waals surface area contributed by atoms with E-state index in [0.717, 1.165) is 22.6 Å². The molecule has 4 rings (SSSR count). The lowest BCUT2D eigenvalue weighted by molar-refractivity contribution is -0.384. The molecule has 1 atom stereocenters. The number of fused-ring (bicyclic) bond motifs is 1. The Hall–Kier alpha value is -3.98. The van der Waals surface area contributed by atoms with Crippen LogP contribution in [0.25, 0.3) is 6.08 Å². The second-order valence-corrected chi connectivity index (χ2v) is 8.96. The molecule has 0 amide bonds. The Morgan fingerprint density at radius 1 is 1.11 bits per heavy atom. The van der Waals surface area contributed by atoms with Crippen LogP contribution in [0.15, 0.2) is 72.8 Å². The summed E-state index contributed by atoms with van der Waals surface area (Å²) in [5.74, 6) is 0.520. The molecule has 180 valence electrons. The second-order valence-electron chi connectivity index (χ2n) is 8.57. The molecule has 7 nitrogen and oxygen atoms in total. The molecule has 0 spiro atoms. The Morgan fingerprint density at radius 2 is 1.80 bits per heavy atom. The first-order valence-electron chi connectivity index (χ1n) is 11.0. The number of benzene rings is 3. The predicted molar refractivity (Wildman–Crippen MR) is 140 cm³/mol. The van der Waals surface area contributed by atoms with Gasteiger partial charge in [-0.3, -0.25) is 10.1 Å². The van der Waals surface area contributed by atoms with E-state index in [1.54, 1.807) is 24.3 Å². The number of non-ortho nitro benzene ring substituents is 1. The van der Waals surface area contributed by atoms with Crippen molar-refractivity contribution < 1.29 is 14.1 Å². The maximum absolute atomic E-state index is 13.1. The topological polar surface area (TPSA) is 79.7 Å². The van der Waals surface area contributed by atoms with Gasteiger partial charge >= 0.3 is 0 Å². The normalized spacial score (nSPS) is 16.1.